The molecule has 0 N–H and O–H groups in total. The van der Waals surface area contributed by atoms with Gasteiger partial charge in [0.2, 0.25) is 0 Å². The van der Waals surface area contributed by atoms with Crippen LogP contribution in [-0.2, 0) is 0 Å². The van der Waals surface area contributed by atoms with E-state index < -0.39 is 0 Å². The van der Waals surface area contributed by atoms with Crippen LogP contribution in [0.4, 0.5) is 39.8 Å². The highest BCUT2D eigenvalue weighted by atomic mass is 15.2. The minimum absolute atomic E-state index is 0.503. The molecule has 1 aliphatic rings. The number of anilines is 7. The lowest BCUT2D eigenvalue weighted by Crippen LogP contribution is -2.19. The van der Waals surface area contributed by atoms with Crippen LogP contribution in [-0.4, -0.2) is 0 Å². The molecule has 1 aliphatic carbocycles. The Morgan fingerprint density at radius 1 is 0.588 bits per heavy atom. The van der Waals surface area contributed by atoms with Crippen molar-refractivity contribution in [2.45, 2.75) is 48.0 Å². The van der Waals surface area contributed by atoms with Crippen molar-refractivity contribution in [1.29, 1.82) is 0 Å². The lowest BCUT2D eigenvalue weighted by molar-refractivity contribution is 0.728. The fraction of sp³-hybridized carbons (Fsp3) is 0.167. The van der Waals surface area contributed by atoms with Gasteiger partial charge in [-0.25, -0.2) is 0 Å². The topological polar surface area (TPSA) is 9.72 Å². The van der Waals surface area contributed by atoms with Crippen molar-refractivity contribution in [3.8, 4) is 0 Å². The Balaban J connectivity index is 1.64. The van der Waals surface area contributed by atoms with Gasteiger partial charge in [0.25, 0.3) is 0 Å². The number of rotatable bonds is 11. The summed E-state index contributed by atoms with van der Waals surface area (Å²) in [6.07, 6.45) is 16.2. The van der Waals surface area contributed by atoms with Crippen molar-refractivity contribution in [2.24, 2.45) is 5.92 Å². The van der Waals surface area contributed by atoms with Gasteiger partial charge in [-0.2, -0.15) is 0 Å². The van der Waals surface area contributed by atoms with Crippen LogP contribution in [0.5, 0.6) is 0 Å². The minimum Gasteiger partial charge on any atom is -0.317 e. The van der Waals surface area contributed by atoms with E-state index in [1.54, 1.807) is 0 Å². The fourth-order valence-corrected chi connectivity index (χ4v) is 6.21. The molecule has 0 bridgehead atoms. The molecule has 0 amide bonds. The van der Waals surface area contributed by atoms with Crippen molar-refractivity contribution in [2.75, 3.05) is 14.7 Å². The van der Waals surface area contributed by atoms with Crippen LogP contribution in [0.2, 0.25) is 0 Å². The van der Waals surface area contributed by atoms with Crippen molar-refractivity contribution >= 4 is 39.8 Å². The van der Waals surface area contributed by atoms with E-state index in [-0.39, 0.29) is 0 Å². The van der Waals surface area contributed by atoms with Crippen LogP contribution in [0.1, 0.15) is 42.5 Å². The lowest BCUT2D eigenvalue weighted by Gasteiger charge is -2.33. The molecule has 0 fully saturated rings. The normalized spacial score (nSPS) is 14.4. The van der Waals surface area contributed by atoms with Crippen LogP contribution in [0.15, 0.2) is 176 Å². The highest BCUT2D eigenvalue weighted by Crippen LogP contribution is 2.43. The average Bonchev–Trinajstić information content (AvgIpc) is 3.14. The monoisotopic (exact) mass is 667 g/mol. The summed E-state index contributed by atoms with van der Waals surface area (Å²) in [6.45, 7) is 16.8. The van der Waals surface area contributed by atoms with E-state index in [0.29, 0.717) is 5.92 Å². The van der Waals surface area contributed by atoms with Gasteiger partial charge < -0.3 is 14.7 Å². The minimum atomic E-state index is 0.503. The summed E-state index contributed by atoms with van der Waals surface area (Å²) in [5.74, 6) is 0.503. The molecule has 0 saturated heterocycles. The lowest BCUT2D eigenvalue weighted by atomic mass is 10.00. The Bertz CT molecular complexity index is 2030. The molecule has 0 aliphatic heterocycles. The predicted octanol–water partition coefficient (Wildman–Crippen LogP) is 13.8. The Kier molecular flexibility index (Phi) is 10.9. The zero-order valence-electron chi connectivity index (χ0n) is 30.8. The Labute approximate surface area is 305 Å². The Hall–Kier alpha value is -5.80. The van der Waals surface area contributed by atoms with E-state index >= 15 is 0 Å². The molecule has 0 spiro atoms. The molecule has 5 aromatic rings. The van der Waals surface area contributed by atoms with Crippen LogP contribution >= 0.6 is 0 Å². The maximum Gasteiger partial charge on any atom is 0.0503 e. The molecule has 51 heavy (non-hydrogen) atoms. The maximum absolute atomic E-state index is 3.96. The van der Waals surface area contributed by atoms with Crippen LogP contribution < -0.4 is 14.7 Å². The molecule has 3 heteroatoms. The number of aryl methyl sites for hydroxylation is 4. The zero-order valence-corrected chi connectivity index (χ0v) is 30.8. The number of nitrogens with zero attached hydrogens (tertiary/aromatic N) is 3. The molecule has 0 heterocycles. The third-order valence-corrected chi connectivity index (χ3v) is 9.34. The number of allylic oxidation sites excluding steroid dienone is 7. The Morgan fingerprint density at radius 2 is 1.02 bits per heavy atom. The number of benzene rings is 5. The van der Waals surface area contributed by atoms with E-state index in [4.69, 9.17) is 0 Å². The molecule has 256 valence electrons. The van der Waals surface area contributed by atoms with Crippen molar-refractivity contribution in [3.63, 3.8) is 0 Å². The second-order valence-corrected chi connectivity index (χ2v) is 13.7. The van der Waals surface area contributed by atoms with Crippen molar-refractivity contribution < 1.29 is 0 Å². The second kappa shape index (κ2) is 15.8. The molecule has 0 aromatic heterocycles. The first-order chi connectivity index (χ1) is 24.7. The van der Waals surface area contributed by atoms with E-state index in [0.717, 1.165) is 51.8 Å². The van der Waals surface area contributed by atoms with Gasteiger partial charge in [-0.3, -0.25) is 0 Å². The molecule has 1 unspecified atom stereocenters. The summed E-state index contributed by atoms with van der Waals surface area (Å²) in [5, 5.41) is 0. The third-order valence-electron chi connectivity index (χ3n) is 9.34. The number of hydrogen-bond acceptors (Lipinski definition) is 3. The first kappa shape index (κ1) is 35.0. The largest absolute Gasteiger partial charge is 0.317 e. The molecule has 0 saturated carbocycles. The average molecular weight is 668 g/mol. The van der Waals surface area contributed by atoms with Gasteiger partial charge >= 0.3 is 0 Å². The molecule has 3 nitrogen and oxygen atoms in total. The molecule has 5 aromatic carbocycles. The Morgan fingerprint density at radius 3 is 1.47 bits per heavy atom. The van der Waals surface area contributed by atoms with E-state index in [1.807, 2.05) is 6.08 Å². The molecular weight excluding hydrogens is 619 g/mol. The summed E-state index contributed by atoms with van der Waals surface area (Å²) in [7, 11) is 0. The van der Waals surface area contributed by atoms with Crippen LogP contribution in [0, 0.1) is 33.6 Å². The first-order valence-electron chi connectivity index (χ1n) is 17.9. The van der Waals surface area contributed by atoms with E-state index in [9.17, 15) is 0 Å². The molecular formula is C48H49N3. The molecule has 6 rings (SSSR count). The third kappa shape index (κ3) is 8.51. The van der Waals surface area contributed by atoms with Gasteiger partial charge in [-0.15, -0.1) is 0 Å². The molecule has 0 radical (unpaired) electrons. The summed E-state index contributed by atoms with van der Waals surface area (Å²) in [4.78, 5) is 7.05. The van der Waals surface area contributed by atoms with Crippen molar-refractivity contribution in [1.82, 2.24) is 0 Å². The van der Waals surface area contributed by atoms with Gasteiger partial charge in [-0.05, 0) is 126 Å². The SMILES string of the molecule is C=C/C(C)=C\C=C\N(c1ccc(C)cc1)c1cc(N(C2=CCC(C)C=C2)c2ccc(C)cc2)cc(N(c2ccc(C)cc2)c2ccc(C)cc2)c1. The first-order valence-corrected chi connectivity index (χ1v) is 17.9. The van der Waals surface area contributed by atoms with E-state index in [1.165, 1.54) is 28.0 Å². The summed E-state index contributed by atoms with van der Waals surface area (Å²) >= 11 is 0. The maximum atomic E-state index is 3.96. The fourth-order valence-electron chi connectivity index (χ4n) is 6.21. The highest BCUT2D eigenvalue weighted by molar-refractivity contribution is 5.86. The van der Waals surface area contributed by atoms with Crippen LogP contribution in [0.25, 0.3) is 0 Å². The van der Waals surface area contributed by atoms with Gasteiger partial charge in [0.05, 0.1) is 11.4 Å². The standard InChI is InChI=1S/C48H49N3/c1-8-35(2)10-9-31-49(41-21-11-36(3)12-22-41)46-32-47(50(42-23-13-37(4)14-24-42)43-25-15-38(5)16-26-43)34-48(33-46)51(44-27-17-39(6)18-28-44)45-29-19-40(7)20-30-45/h8-19,21-34,40H,1,20H2,2-7H3/b31-9+,35-10-. The smallest absolute Gasteiger partial charge is 0.0503 e. The van der Waals surface area contributed by atoms with Crippen LogP contribution in [0.3, 0.4) is 0 Å². The summed E-state index contributed by atoms with van der Waals surface area (Å²) in [6, 6.07) is 42.2. The van der Waals surface area contributed by atoms with Gasteiger partial charge in [0.1, 0.15) is 0 Å². The second-order valence-electron chi connectivity index (χ2n) is 13.7. The van der Waals surface area contributed by atoms with Gasteiger partial charge in [0.15, 0.2) is 0 Å². The number of hydrogen-bond donors (Lipinski definition) is 0. The highest BCUT2D eigenvalue weighted by Gasteiger charge is 2.22. The predicted molar refractivity (Wildman–Crippen MR) is 221 cm³/mol. The summed E-state index contributed by atoms with van der Waals surface area (Å²) < 4.78 is 0. The summed E-state index contributed by atoms with van der Waals surface area (Å²) in [5.41, 5.74) is 14.8. The zero-order chi connectivity index (χ0) is 35.9. The molecule has 1 atom stereocenters. The van der Waals surface area contributed by atoms with Crippen molar-refractivity contribution in [3.05, 3.63) is 198 Å². The van der Waals surface area contributed by atoms with Gasteiger partial charge in [0, 0.05) is 40.3 Å². The van der Waals surface area contributed by atoms with E-state index in [2.05, 4.69) is 215 Å². The quantitative estimate of drug-likeness (QED) is 0.130. The van der Waals surface area contributed by atoms with Gasteiger partial charge in [-0.1, -0.05) is 114 Å².